The van der Waals surface area contributed by atoms with Crippen LogP contribution in [-0.4, -0.2) is 49.1 Å². The quantitative estimate of drug-likeness (QED) is 0.580. The highest BCUT2D eigenvalue weighted by Gasteiger charge is 2.33. The maximum absolute atomic E-state index is 8.66. The molecule has 2 aliphatic rings. The van der Waals surface area contributed by atoms with E-state index in [4.69, 9.17) is 5.26 Å². The lowest BCUT2D eigenvalue weighted by atomic mass is 9.84. The predicted octanol–water partition coefficient (Wildman–Crippen LogP) is 0.926. The van der Waals surface area contributed by atoms with Crippen molar-refractivity contribution in [3.8, 4) is 6.07 Å². The normalized spacial score (nSPS) is 34.9. The molecule has 2 rings (SSSR count). The SMILES string of the molecule is CN1CCCC2CN(CC#N)CCC21. The van der Waals surface area contributed by atoms with Crippen molar-refractivity contribution in [2.45, 2.75) is 25.3 Å². The van der Waals surface area contributed by atoms with Crippen molar-refractivity contribution in [3.63, 3.8) is 0 Å². The topological polar surface area (TPSA) is 30.3 Å². The second-order valence-electron chi connectivity index (χ2n) is 4.63. The average Bonchev–Trinajstić information content (AvgIpc) is 2.18. The molecule has 2 heterocycles. The van der Waals surface area contributed by atoms with Crippen molar-refractivity contribution < 1.29 is 0 Å². The first kappa shape index (κ1) is 9.95. The lowest BCUT2D eigenvalue weighted by molar-refractivity contribution is 0.0439. The fraction of sp³-hybridized carbons (Fsp3) is 0.909. The average molecular weight is 193 g/mol. The van der Waals surface area contributed by atoms with Crippen molar-refractivity contribution in [2.75, 3.05) is 33.2 Å². The number of fused-ring (bicyclic) bond motifs is 1. The van der Waals surface area contributed by atoms with Crippen LogP contribution in [0.25, 0.3) is 0 Å². The molecule has 0 amide bonds. The van der Waals surface area contributed by atoms with Crippen LogP contribution in [0.15, 0.2) is 0 Å². The number of hydrogen-bond acceptors (Lipinski definition) is 3. The number of hydrogen-bond donors (Lipinski definition) is 0. The Bertz CT molecular complexity index is 233. The van der Waals surface area contributed by atoms with E-state index in [1.807, 2.05) is 0 Å². The zero-order valence-corrected chi connectivity index (χ0v) is 8.95. The Labute approximate surface area is 86.3 Å². The lowest BCUT2D eigenvalue weighted by Crippen LogP contribution is -2.52. The Morgan fingerprint density at radius 1 is 1.36 bits per heavy atom. The van der Waals surface area contributed by atoms with Gasteiger partial charge < -0.3 is 4.90 Å². The van der Waals surface area contributed by atoms with E-state index in [2.05, 4.69) is 22.9 Å². The van der Waals surface area contributed by atoms with E-state index in [1.54, 1.807) is 0 Å². The third-order valence-corrected chi connectivity index (χ3v) is 3.72. The van der Waals surface area contributed by atoms with Crippen LogP contribution in [0.1, 0.15) is 19.3 Å². The summed E-state index contributed by atoms with van der Waals surface area (Å²) in [6, 6.07) is 3.05. The number of likely N-dealkylation sites (tertiary alicyclic amines) is 2. The molecule has 0 N–H and O–H groups in total. The van der Waals surface area contributed by atoms with Gasteiger partial charge in [0, 0.05) is 19.1 Å². The van der Waals surface area contributed by atoms with Crippen molar-refractivity contribution >= 4 is 0 Å². The molecule has 0 spiro atoms. The highest BCUT2D eigenvalue weighted by atomic mass is 15.2. The van der Waals surface area contributed by atoms with E-state index in [-0.39, 0.29) is 0 Å². The Morgan fingerprint density at radius 2 is 2.21 bits per heavy atom. The lowest BCUT2D eigenvalue weighted by Gasteiger charge is -2.45. The molecule has 3 nitrogen and oxygen atoms in total. The second-order valence-corrected chi connectivity index (χ2v) is 4.63. The maximum Gasteiger partial charge on any atom is 0.0866 e. The highest BCUT2D eigenvalue weighted by molar-refractivity contribution is 4.91. The summed E-state index contributed by atoms with van der Waals surface area (Å²) < 4.78 is 0. The van der Waals surface area contributed by atoms with Gasteiger partial charge in [0.1, 0.15) is 0 Å². The molecular formula is C11H19N3. The molecular weight excluding hydrogens is 174 g/mol. The third kappa shape index (κ3) is 1.92. The van der Waals surface area contributed by atoms with Gasteiger partial charge in [-0.05, 0) is 38.8 Å². The zero-order valence-electron chi connectivity index (χ0n) is 8.95. The summed E-state index contributed by atoms with van der Waals surface area (Å²) in [5, 5.41) is 8.66. The summed E-state index contributed by atoms with van der Waals surface area (Å²) in [6.45, 7) is 4.13. The zero-order chi connectivity index (χ0) is 9.97. The molecule has 0 aromatic heterocycles. The summed E-state index contributed by atoms with van der Waals surface area (Å²) >= 11 is 0. The smallest absolute Gasteiger partial charge is 0.0866 e. The van der Waals surface area contributed by atoms with Crippen LogP contribution < -0.4 is 0 Å². The molecule has 0 aromatic carbocycles. The Balaban J connectivity index is 1.93. The molecule has 78 valence electrons. The minimum Gasteiger partial charge on any atom is -0.303 e. The summed E-state index contributed by atoms with van der Waals surface area (Å²) in [6.07, 6.45) is 3.94. The largest absolute Gasteiger partial charge is 0.303 e. The molecule has 2 atom stereocenters. The Kier molecular flexibility index (Phi) is 3.05. The standard InChI is InChI=1S/C11H19N3/c1-13-6-2-3-10-9-14(8-5-12)7-4-11(10)13/h10-11H,2-4,6-9H2,1H3. The van der Waals surface area contributed by atoms with Gasteiger partial charge in [-0.15, -0.1) is 0 Å². The Morgan fingerprint density at radius 3 is 3.00 bits per heavy atom. The van der Waals surface area contributed by atoms with Crippen LogP contribution >= 0.6 is 0 Å². The third-order valence-electron chi connectivity index (χ3n) is 3.72. The molecule has 2 saturated heterocycles. The van der Waals surface area contributed by atoms with Gasteiger partial charge in [0.15, 0.2) is 0 Å². The first-order valence-electron chi connectivity index (χ1n) is 5.61. The van der Waals surface area contributed by atoms with Crippen LogP contribution in [0, 0.1) is 17.2 Å². The molecule has 0 saturated carbocycles. The Hall–Kier alpha value is -0.590. The van der Waals surface area contributed by atoms with Crippen molar-refractivity contribution in [1.29, 1.82) is 5.26 Å². The fourth-order valence-corrected chi connectivity index (χ4v) is 2.97. The molecule has 2 unspecified atom stereocenters. The first-order chi connectivity index (χ1) is 6.81. The first-order valence-corrected chi connectivity index (χ1v) is 5.61. The fourth-order valence-electron chi connectivity index (χ4n) is 2.97. The summed E-state index contributed by atoms with van der Waals surface area (Å²) in [4.78, 5) is 4.82. The second kappa shape index (κ2) is 4.29. The number of nitriles is 1. The van der Waals surface area contributed by atoms with Crippen LogP contribution in [0.2, 0.25) is 0 Å². The molecule has 3 heteroatoms. The van der Waals surface area contributed by atoms with Crippen LogP contribution in [0.5, 0.6) is 0 Å². The van der Waals surface area contributed by atoms with Gasteiger partial charge in [-0.3, -0.25) is 4.90 Å². The van der Waals surface area contributed by atoms with Gasteiger partial charge in [0.2, 0.25) is 0 Å². The van der Waals surface area contributed by atoms with E-state index in [1.165, 1.54) is 25.8 Å². The summed E-state index contributed by atoms with van der Waals surface area (Å²) in [5.74, 6) is 0.816. The van der Waals surface area contributed by atoms with Gasteiger partial charge in [0.05, 0.1) is 12.6 Å². The summed E-state index contributed by atoms with van der Waals surface area (Å²) in [5.41, 5.74) is 0. The number of piperidine rings is 2. The molecule has 14 heavy (non-hydrogen) atoms. The predicted molar refractivity (Wildman–Crippen MR) is 55.8 cm³/mol. The molecule has 0 aliphatic carbocycles. The van der Waals surface area contributed by atoms with Gasteiger partial charge in [-0.25, -0.2) is 0 Å². The van der Waals surface area contributed by atoms with Crippen molar-refractivity contribution in [1.82, 2.24) is 9.80 Å². The number of nitrogens with zero attached hydrogens (tertiary/aromatic N) is 3. The van der Waals surface area contributed by atoms with Crippen LogP contribution in [-0.2, 0) is 0 Å². The van der Waals surface area contributed by atoms with Gasteiger partial charge in [-0.1, -0.05) is 0 Å². The van der Waals surface area contributed by atoms with Crippen LogP contribution in [0.4, 0.5) is 0 Å². The van der Waals surface area contributed by atoms with Crippen molar-refractivity contribution in [3.05, 3.63) is 0 Å². The van der Waals surface area contributed by atoms with E-state index < -0.39 is 0 Å². The minimum absolute atomic E-state index is 0.618. The molecule has 2 aliphatic heterocycles. The van der Waals surface area contributed by atoms with Crippen molar-refractivity contribution in [2.24, 2.45) is 5.92 Å². The van der Waals surface area contributed by atoms with E-state index >= 15 is 0 Å². The molecule has 0 bridgehead atoms. The highest BCUT2D eigenvalue weighted by Crippen LogP contribution is 2.29. The van der Waals surface area contributed by atoms with Gasteiger partial charge in [-0.2, -0.15) is 5.26 Å². The molecule has 0 radical (unpaired) electrons. The van der Waals surface area contributed by atoms with E-state index in [0.717, 1.165) is 25.0 Å². The van der Waals surface area contributed by atoms with Crippen LogP contribution in [0.3, 0.4) is 0 Å². The van der Waals surface area contributed by atoms with E-state index in [9.17, 15) is 0 Å². The van der Waals surface area contributed by atoms with Gasteiger partial charge in [0.25, 0.3) is 0 Å². The maximum atomic E-state index is 8.66. The molecule has 2 fully saturated rings. The summed E-state index contributed by atoms with van der Waals surface area (Å²) in [7, 11) is 2.25. The van der Waals surface area contributed by atoms with Gasteiger partial charge >= 0.3 is 0 Å². The number of rotatable bonds is 1. The monoisotopic (exact) mass is 193 g/mol. The minimum atomic E-state index is 0.618. The van der Waals surface area contributed by atoms with E-state index in [0.29, 0.717) is 6.54 Å². The molecule has 0 aromatic rings.